The van der Waals surface area contributed by atoms with Crippen molar-refractivity contribution in [3.05, 3.63) is 29.8 Å². The van der Waals surface area contributed by atoms with Gasteiger partial charge in [0.05, 0.1) is 0 Å². The van der Waals surface area contributed by atoms with Crippen molar-refractivity contribution in [3.8, 4) is 0 Å². The largest absolute Gasteiger partial charge is 0.372 e. The van der Waals surface area contributed by atoms with Gasteiger partial charge in [-0.05, 0) is 55.2 Å². The van der Waals surface area contributed by atoms with Crippen molar-refractivity contribution in [2.24, 2.45) is 11.8 Å². The van der Waals surface area contributed by atoms with E-state index in [1.54, 1.807) is 0 Å². The molecule has 1 saturated heterocycles. The molecule has 1 aliphatic carbocycles. The zero-order valence-corrected chi connectivity index (χ0v) is 13.6. The molecule has 0 bridgehead atoms. The van der Waals surface area contributed by atoms with Gasteiger partial charge in [-0.1, -0.05) is 32.4 Å². The Kier molecular flexibility index (Phi) is 4.84. The number of nitrogens with one attached hydrogen (secondary N) is 1. The molecule has 1 heterocycles. The van der Waals surface area contributed by atoms with Crippen LogP contribution in [-0.4, -0.2) is 19.1 Å². The number of hydrogen-bond donors (Lipinski definition) is 1. The lowest BCUT2D eigenvalue weighted by Gasteiger charge is -2.21. The molecule has 3 atom stereocenters. The Hall–Kier alpha value is -1.02. The second kappa shape index (κ2) is 6.83. The lowest BCUT2D eigenvalue weighted by molar-refractivity contribution is 0.344. The molecular weight excluding hydrogens is 256 g/mol. The van der Waals surface area contributed by atoms with Crippen LogP contribution in [0.2, 0.25) is 0 Å². The Labute approximate surface area is 129 Å². The van der Waals surface area contributed by atoms with E-state index in [2.05, 4.69) is 48.3 Å². The topological polar surface area (TPSA) is 15.3 Å². The summed E-state index contributed by atoms with van der Waals surface area (Å²) in [6, 6.07) is 9.92. The van der Waals surface area contributed by atoms with Crippen LogP contribution < -0.4 is 10.2 Å². The molecule has 0 spiro atoms. The summed E-state index contributed by atoms with van der Waals surface area (Å²) in [5.74, 6) is 1.76. The fourth-order valence-electron chi connectivity index (χ4n) is 4.16. The highest BCUT2D eigenvalue weighted by atomic mass is 15.1. The van der Waals surface area contributed by atoms with Gasteiger partial charge in [-0.3, -0.25) is 0 Å². The van der Waals surface area contributed by atoms with Crippen molar-refractivity contribution in [1.82, 2.24) is 5.32 Å². The van der Waals surface area contributed by atoms with Crippen LogP contribution in [0.3, 0.4) is 0 Å². The second-order valence-corrected chi connectivity index (χ2v) is 6.95. The van der Waals surface area contributed by atoms with E-state index in [4.69, 9.17) is 0 Å². The molecular formula is C19H30N2. The number of hydrogen-bond acceptors (Lipinski definition) is 2. The first kappa shape index (κ1) is 14.9. The number of anilines is 1. The average molecular weight is 286 g/mol. The maximum atomic E-state index is 3.79. The van der Waals surface area contributed by atoms with Crippen molar-refractivity contribution in [1.29, 1.82) is 0 Å². The average Bonchev–Trinajstić information content (AvgIpc) is 3.16. The molecule has 2 heteroatoms. The molecule has 0 aromatic heterocycles. The number of rotatable bonds is 5. The summed E-state index contributed by atoms with van der Waals surface area (Å²) in [5.41, 5.74) is 2.82. The van der Waals surface area contributed by atoms with Crippen LogP contribution in [0, 0.1) is 11.8 Å². The molecule has 3 unspecified atom stereocenters. The third-order valence-corrected chi connectivity index (χ3v) is 5.73. The molecule has 1 aliphatic heterocycles. The van der Waals surface area contributed by atoms with Crippen LogP contribution in [-0.2, 0) is 6.54 Å². The first-order valence-corrected chi connectivity index (χ1v) is 8.85. The quantitative estimate of drug-likeness (QED) is 0.872. The minimum absolute atomic E-state index is 0.716. The Morgan fingerprint density at radius 1 is 1.10 bits per heavy atom. The van der Waals surface area contributed by atoms with Crippen LogP contribution in [0.5, 0.6) is 0 Å². The van der Waals surface area contributed by atoms with E-state index in [0.29, 0.717) is 6.04 Å². The molecule has 0 amide bonds. The monoisotopic (exact) mass is 286 g/mol. The highest BCUT2D eigenvalue weighted by molar-refractivity contribution is 5.48. The smallest absolute Gasteiger partial charge is 0.0366 e. The predicted octanol–water partition coefficient (Wildman–Crippen LogP) is 4.20. The van der Waals surface area contributed by atoms with Gasteiger partial charge in [0, 0.05) is 31.4 Å². The third kappa shape index (κ3) is 3.42. The lowest BCUT2D eigenvalue weighted by atomic mass is 9.93. The normalized spacial score (nSPS) is 29.2. The van der Waals surface area contributed by atoms with E-state index in [1.807, 2.05) is 0 Å². The molecule has 1 aromatic rings. The van der Waals surface area contributed by atoms with Gasteiger partial charge in [0.15, 0.2) is 0 Å². The maximum Gasteiger partial charge on any atom is 0.0366 e. The molecule has 2 nitrogen and oxygen atoms in total. The Morgan fingerprint density at radius 2 is 1.81 bits per heavy atom. The number of nitrogens with zero attached hydrogens (tertiary/aromatic N) is 1. The van der Waals surface area contributed by atoms with Gasteiger partial charge in [-0.15, -0.1) is 0 Å². The van der Waals surface area contributed by atoms with Crippen molar-refractivity contribution in [2.75, 3.05) is 18.0 Å². The van der Waals surface area contributed by atoms with E-state index < -0.39 is 0 Å². The Balaban J connectivity index is 1.51. The van der Waals surface area contributed by atoms with Crippen LogP contribution in [0.15, 0.2) is 24.3 Å². The summed E-state index contributed by atoms with van der Waals surface area (Å²) >= 11 is 0. The highest BCUT2D eigenvalue weighted by Crippen LogP contribution is 2.34. The van der Waals surface area contributed by atoms with Crippen LogP contribution >= 0.6 is 0 Å². The Bertz CT molecular complexity index is 433. The van der Waals surface area contributed by atoms with Crippen LogP contribution in [0.25, 0.3) is 0 Å². The fraction of sp³-hybridized carbons (Fsp3) is 0.684. The first-order chi connectivity index (χ1) is 10.3. The molecule has 2 fully saturated rings. The first-order valence-electron chi connectivity index (χ1n) is 8.85. The minimum Gasteiger partial charge on any atom is -0.372 e. The standard InChI is InChI=1S/C19H30N2/c1-3-17-8-11-19(15(17)2)20-14-16-6-9-18(10-7-16)21-12-4-5-13-21/h6-7,9-10,15,17,19-20H,3-5,8,11-14H2,1-2H3. The SMILES string of the molecule is CCC1CCC(NCc2ccc(N3CCCC3)cc2)C1C. The lowest BCUT2D eigenvalue weighted by Crippen LogP contribution is -2.32. The van der Waals surface area contributed by atoms with Crippen molar-refractivity contribution in [2.45, 2.75) is 58.5 Å². The summed E-state index contributed by atoms with van der Waals surface area (Å²) in [5, 5.41) is 3.79. The molecule has 1 saturated carbocycles. The summed E-state index contributed by atoms with van der Waals surface area (Å²) in [4.78, 5) is 2.50. The molecule has 1 N–H and O–H groups in total. The maximum absolute atomic E-state index is 3.79. The Morgan fingerprint density at radius 3 is 2.43 bits per heavy atom. The van der Waals surface area contributed by atoms with Gasteiger partial charge in [-0.25, -0.2) is 0 Å². The van der Waals surface area contributed by atoms with Crippen molar-refractivity contribution >= 4 is 5.69 Å². The zero-order chi connectivity index (χ0) is 14.7. The van der Waals surface area contributed by atoms with Crippen molar-refractivity contribution in [3.63, 3.8) is 0 Å². The van der Waals surface area contributed by atoms with Gasteiger partial charge in [0.2, 0.25) is 0 Å². The van der Waals surface area contributed by atoms with E-state index >= 15 is 0 Å². The van der Waals surface area contributed by atoms with Crippen molar-refractivity contribution < 1.29 is 0 Å². The van der Waals surface area contributed by atoms with E-state index in [0.717, 1.165) is 18.4 Å². The molecule has 1 aromatic carbocycles. The predicted molar refractivity (Wildman–Crippen MR) is 90.7 cm³/mol. The molecule has 21 heavy (non-hydrogen) atoms. The van der Waals surface area contributed by atoms with E-state index in [-0.39, 0.29) is 0 Å². The second-order valence-electron chi connectivity index (χ2n) is 6.95. The molecule has 2 aliphatic rings. The summed E-state index contributed by atoms with van der Waals surface area (Å²) < 4.78 is 0. The summed E-state index contributed by atoms with van der Waals surface area (Å²) in [6.45, 7) is 8.24. The van der Waals surface area contributed by atoms with Gasteiger partial charge in [-0.2, -0.15) is 0 Å². The third-order valence-electron chi connectivity index (χ3n) is 5.73. The minimum atomic E-state index is 0.716. The van der Waals surface area contributed by atoms with Gasteiger partial charge < -0.3 is 10.2 Å². The van der Waals surface area contributed by atoms with Gasteiger partial charge in [0.25, 0.3) is 0 Å². The van der Waals surface area contributed by atoms with E-state index in [9.17, 15) is 0 Å². The summed E-state index contributed by atoms with van der Waals surface area (Å²) in [7, 11) is 0. The van der Waals surface area contributed by atoms with E-state index in [1.165, 1.54) is 56.4 Å². The fourth-order valence-corrected chi connectivity index (χ4v) is 4.16. The van der Waals surface area contributed by atoms with Crippen LogP contribution in [0.1, 0.15) is 51.5 Å². The van der Waals surface area contributed by atoms with Gasteiger partial charge >= 0.3 is 0 Å². The molecule has 3 rings (SSSR count). The zero-order valence-electron chi connectivity index (χ0n) is 13.6. The number of benzene rings is 1. The van der Waals surface area contributed by atoms with Crippen LogP contribution in [0.4, 0.5) is 5.69 Å². The summed E-state index contributed by atoms with van der Waals surface area (Å²) in [6.07, 6.45) is 6.79. The highest BCUT2D eigenvalue weighted by Gasteiger charge is 2.30. The van der Waals surface area contributed by atoms with Gasteiger partial charge in [0.1, 0.15) is 0 Å². The molecule has 0 radical (unpaired) electrons. The molecule has 116 valence electrons.